The number of benzene rings is 2. The minimum absolute atomic E-state index is 0.00970. The molecular formula is C23H30N2O4S. The molecule has 1 aliphatic heterocycles. The molecule has 1 heterocycles. The monoisotopic (exact) mass is 430 g/mol. The summed E-state index contributed by atoms with van der Waals surface area (Å²) in [4.78, 5) is 13.2. The van der Waals surface area contributed by atoms with Crippen LogP contribution in [0, 0.1) is 20.8 Å². The smallest absolute Gasteiger partial charge is 0.241 e. The molecule has 7 heteroatoms. The van der Waals surface area contributed by atoms with E-state index in [1.807, 2.05) is 49.4 Å². The van der Waals surface area contributed by atoms with Crippen molar-refractivity contribution in [3.05, 3.63) is 64.7 Å². The molecule has 2 aromatic rings. The zero-order valence-electron chi connectivity index (χ0n) is 17.8. The van der Waals surface area contributed by atoms with Crippen molar-refractivity contribution >= 4 is 15.9 Å². The number of hydrogen-bond donors (Lipinski definition) is 2. The number of hydrogen-bond acceptors (Lipinski definition) is 4. The van der Waals surface area contributed by atoms with Crippen LogP contribution < -0.4 is 10.0 Å². The molecule has 6 nitrogen and oxygen atoms in total. The molecule has 0 bridgehead atoms. The normalized spacial score (nSPS) is 17.6. The Kier molecular flexibility index (Phi) is 7.28. The first-order valence-electron chi connectivity index (χ1n) is 10.3. The predicted molar refractivity (Wildman–Crippen MR) is 117 cm³/mol. The second kappa shape index (κ2) is 9.73. The molecule has 0 spiro atoms. The molecule has 0 radical (unpaired) electrons. The van der Waals surface area contributed by atoms with E-state index in [0.717, 1.165) is 24.0 Å². The lowest BCUT2D eigenvalue weighted by Gasteiger charge is -2.21. The Labute approximate surface area is 179 Å². The van der Waals surface area contributed by atoms with Crippen molar-refractivity contribution in [3.8, 4) is 0 Å². The molecule has 30 heavy (non-hydrogen) atoms. The summed E-state index contributed by atoms with van der Waals surface area (Å²) in [7, 11) is -3.88. The van der Waals surface area contributed by atoms with Crippen LogP contribution in [-0.2, 0) is 26.0 Å². The topological polar surface area (TPSA) is 84.5 Å². The van der Waals surface area contributed by atoms with Gasteiger partial charge in [-0.25, -0.2) is 8.42 Å². The third-order valence-electron chi connectivity index (χ3n) is 5.30. The van der Waals surface area contributed by atoms with Crippen LogP contribution in [-0.4, -0.2) is 39.6 Å². The molecular weight excluding hydrogens is 400 g/mol. The Morgan fingerprint density at radius 2 is 1.80 bits per heavy atom. The van der Waals surface area contributed by atoms with Crippen LogP contribution in [0.2, 0.25) is 0 Å². The van der Waals surface area contributed by atoms with Crippen LogP contribution in [0.25, 0.3) is 0 Å². The van der Waals surface area contributed by atoms with E-state index in [1.165, 1.54) is 0 Å². The van der Waals surface area contributed by atoms with E-state index in [2.05, 4.69) is 10.0 Å². The maximum Gasteiger partial charge on any atom is 0.241 e. The lowest BCUT2D eigenvalue weighted by molar-refractivity contribution is -0.123. The highest BCUT2D eigenvalue weighted by Gasteiger charge is 2.29. The van der Waals surface area contributed by atoms with Crippen LogP contribution in [0.1, 0.15) is 35.1 Å². The molecule has 2 N–H and O–H groups in total. The Hall–Kier alpha value is -2.22. The van der Waals surface area contributed by atoms with Gasteiger partial charge in [0.1, 0.15) is 6.04 Å². The van der Waals surface area contributed by atoms with Crippen LogP contribution in [0.5, 0.6) is 0 Å². The van der Waals surface area contributed by atoms with Crippen molar-refractivity contribution in [1.82, 2.24) is 10.0 Å². The predicted octanol–water partition coefficient (Wildman–Crippen LogP) is 2.80. The van der Waals surface area contributed by atoms with Gasteiger partial charge in [-0.05, 0) is 56.7 Å². The van der Waals surface area contributed by atoms with Crippen molar-refractivity contribution in [2.24, 2.45) is 0 Å². The van der Waals surface area contributed by atoms with E-state index < -0.39 is 16.1 Å². The first-order chi connectivity index (χ1) is 14.3. The third-order valence-corrected chi connectivity index (χ3v) is 7.07. The molecule has 2 aromatic carbocycles. The SMILES string of the molecule is Cc1cc(C)c(S(=O)(=O)N[C@@H](Cc2ccccc2)C(=O)NC[C@@H]2CCCO2)c(C)c1. The van der Waals surface area contributed by atoms with Crippen LogP contribution in [0.4, 0.5) is 0 Å². The summed E-state index contributed by atoms with van der Waals surface area (Å²) in [6, 6.07) is 12.2. The lowest BCUT2D eigenvalue weighted by Crippen LogP contribution is -2.49. The number of rotatable bonds is 8. The van der Waals surface area contributed by atoms with Gasteiger partial charge in [0.05, 0.1) is 11.0 Å². The summed E-state index contributed by atoms with van der Waals surface area (Å²) < 4.78 is 34.7. The van der Waals surface area contributed by atoms with E-state index in [9.17, 15) is 13.2 Å². The molecule has 2 atom stereocenters. The largest absolute Gasteiger partial charge is 0.376 e. The standard InChI is InChI=1S/C23H30N2O4S/c1-16-12-17(2)22(18(3)13-16)30(27,28)25-21(14-19-8-5-4-6-9-19)23(26)24-15-20-10-7-11-29-20/h4-6,8-9,12-13,20-21,25H,7,10-11,14-15H2,1-3H3,(H,24,26)/t20-,21-/m0/s1. The van der Waals surface area contributed by atoms with E-state index >= 15 is 0 Å². The lowest BCUT2D eigenvalue weighted by atomic mass is 10.1. The minimum Gasteiger partial charge on any atom is -0.376 e. The summed E-state index contributed by atoms with van der Waals surface area (Å²) in [6.07, 6.45) is 2.13. The number of carbonyl (C=O) groups is 1. The molecule has 1 fully saturated rings. The Balaban J connectivity index is 1.82. The van der Waals surface area contributed by atoms with Gasteiger partial charge in [0, 0.05) is 13.2 Å². The maximum absolute atomic E-state index is 13.2. The van der Waals surface area contributed by atoms with Crippen molar-refractivity contribution in [2.45, 2.75) is 57.1 Å². The molecule has 1 saturated heterocycles. The van der Waals surface area contributed by atoms with Crippen molar-refractivity contribution in [1.29, 1.82) is 0 Å². The quantitative estimate of drug-likeness (QED) is 0.675. The van der Waals surface area contributed by atoms with Crippen molar-refractivity contribution in [2.75, 3.05) is 13.2 Å². The van der Waals surface area contributed by atoms with E-state index in [4.69, 9.17) is 4.74 Å². The van der Waals surface area contributed by atoms with Crippen LogP contribution in [0.3, 0.4) is 0 Å². The first-order valence-corrected chi connectivity index (χ1v) is 11.8. The number of nitrogens with one attached hydrogen (secondary N) is 2. The highest BCUT2D eigenvalue weighted by Crippen LogP contribution is 2.22. The fourth-order valence-electron chi connectivity index (χ4n) is 4.02. The Bertz CT molecular complexity index is 961. The summed E-state index contributed by atoms with van der Waals surface area (Å²) in [5.74, 6) is -0.347. The zero-order chi connectivity index (χ0) is 21.7. The van der Waals surface area contributed by atoms with Crippen LogP contribution in [0.15, 0.2) is 47.4 Å². The van der Waals surface area contributed by atoms with Gasteiger partial charge in [-0.3, -0.25) is 4.79 Å². The van der Waals surface area contributed by atoms with Crippen molar-refractivity contribution < 1.29 is 17.9 Å². The zero-order valence-corrected chi connectivity index (χ0v) is 18.6. The molecule has 1 amide bonds. The van der Waals surface area contributed by atoms with Crippen molar-refractivity contribution in [3.63, 3.8) is 0 Å². The van der Waals surface area contributed by atoms with E-state index in [-0.39, 0.29) is 23.3 Å². The molecule has 1 aliphatic rings. The number of sulfonamides is 1. The highest BCUT2D eigenvalue weighted by atomic mass is 32.2. The maximum atomic E-state index is 13.2. The van der Waals surface area contributed by atoms with Gasteiger partial charge < -0.3 is 10.1 Å². The molecule has 0 aliphatic carbocycles. The second-order valence-electron chi connectivity index (χ2n) is 7.97. The van der Waals surface area contributed by atoms with Gasteiger partial charge in [0.25, 0.3) is 0 Å². The average Bonchev–Trinajstić information content (AvgIpc) is 3.18. The Morgan fingerprint density at radius 1 is 1.13 bits per heavy atom. The Morgan fingerprint density at radius 3 is 2.40 bits per heavy atom. The molecule has 3 rings (SSSR count). The summed E-state index contributed by atoms with van der Waals surface area (Å²) in [5, 5.41) is 2.87. The van der Waals surface area contributed by atoms with E-state index in [1.54, 1.807) is 13.8 Å². The highest BCUT2D eigenvalue weighted by molar-refractivity contribution is 7.89. The number of aryl methyl sites for hydroxylation is 3. The van der Waals surface area contributed by atoms with Gasteiger partial charge >= 0.3 is 0 Å². The van der Waals surface area contributed by atoms with Gasteiger partial charge in [-0.2, -0.15) is 4.72 Å². The third kappa shape index (κ3) is 5.68. The second-order valence-corrected chi connectivity index (χ2v) is 9.62. The molecule has 0 aromatic heterocycles. The fourth-order valence-corrected chi connectivity index (χ4v) is 5.67. The molecule has 162 valence electrons. The molecule has 0 unspecified atom stereocenters. The first kappa shape index (κ1) is 22.5. The van der Waals surface area contributed by atoms with Crippen LogP contribution >= 0.6 is 0 Å². The van der Waals surface area contributed by atoms with Gasteiger partial charge in [-0.1, -0.05) is 48.0 Å². The number of ether oxygens (including phenoxy) is 1. The van der Waals surface area contributed by atoms with Gasteiger partial charge in [-0.15, -0.1) is 0 Å². The minimum atomic E-state index is -3.88. The fraction of sp³-hybridized carbons (Fsp3) is 0.435. The summed E-state index contributed by atoms with van der Waals surface area (Å²) >= 11 is 0. The number of amides is 1. The summed E-state index contributed by atoms with van der Waals surface area (Å²) in [5.41, 5.74) is 3.21. The summed E-state index contributed by atoms with van der Waals surface area (Å²) in [6.45, 7) is 6.57. The number of carbonyl (C=O) groups excluding carboxylic acids is 1. The van der Waals surface area contributed by atoms with E-state index in [0.29, 0.717) is 24.3 Å². The van der Waals surface area contributed by atoms with Gasteiger partial charge in [0.2, 0.25) is 15.9 Å². The average molecular weight is 431 g/mol. The molecule has 0 saturated carbocycles. The van der Waals surface area contributed by atoms with Gasteiger partial charge in [0.15, 0.2) is 0 Å².